The number of piperazine rings is 2. The van der Waals surface area contributed by atoms with E-state index in [-0.39, 0.29) is 24.9 Å². The lowest BCUT2D eigenvalue weighted by Crippen LogP contribution is -2.57. The molecule has 2 saturated heterocycles. The first-order valence-corrected chi connectivity index (χ1v) is 10.8. The number of nitrogens with zero attached hydrogens (tertiary/aromatic N) is 4. The second-order valence-electron chi connectivity index (χ2n) is 7.16. The van der Waals surface area contributed by atoms with Crippen LogP contribution in [0.3, 0.4) is 0 Å². The quantitative estimate of drug-likeness (QED) is 0.749. The van der Waals surface area contributed by atoms with Gasteiger partial charge in [-0.15, -0.1) is 0 Å². The molecule has 1 aromatic rings. The first-order valence-electron chi connectivity index (χ1n) is 9.38. The number of carbonyl (C=O) groups is 2. The Bertz CT molecular complexity index is 828. The maximum Gasteiger partial charge on any atom is 0.282 e. The molecule has 2 fully saturated rings. The minimum Gasteiger partial charge on any atom is -0.336 e. The maximum absolute atomic E-state index is 12.8. The van der Waals surface area contributed by atoms with Crippen molar-refractivity contribution in [1.29, 1.82) is 0 Å². The van der Waals surface area contributed by atoms with Crippen LogP contribution in [0.15, 0.2) is 24.3 Å². The van der Waals surface area contributed by atoms with Gasteiger partial charge < -0.3 is 15.1 Å². The molecule has 0 saturated carbocycles. The van der Waals surface area contributed by atoms with Crippen LogP contribution >= 0.6 is 0 Å². The van der Waals surface area contributed by atoms with Gasteiger partial charge >= 0.3 is 0 Å². The highest BCUT2D eigenvalue weighted by Crippen LogP contribution is 2.17. The summed E-state index contributed by atoms with van der Waals surface area (Å²) >= 11 is 0. The number of hydrogen-bond acceptors (Lipinski definition) is 5. The van der Waals surface area contributed by atoms with Crippen LogP contribution in [0.2, 0.25) is 0 Å². The standard InChI is InChI=1S/C18H27N5O4S/c1-15(24)19-17-5-3-4-16(14-17)18(25)21-8-12-23(13-9-21)28(26,27)22-10-6-20(2)7-11-22/h3-5,14H,6-13H2,1-2H3,(H,19,24). The summed E-state index contributed by atoms with van der Waals surface area (Å²) in [6.45, 7) is 5.10. The molecule has 154 valence electrons. The molecule has 1 N–H and O–H groups in total. The average molecular weight is 410 g/mol. The third-order valence-electron chi connectivity index (χ3n) is 5.07. The van der Waals surface area contributed by atoms with Crippen LogP contribution in [-0.4, -0.2) is 98.0 Å². The van der Waals surface area contributed by atoms with Gasteiger partial charge in [0.1, 0.15) is 0 Å². The van der Waals surface area contributed by atoms with Crippen LogP contribution in [0.1, 0.15) is 17.3 Å². The van der Waals surface area contributed by atoms with Crippen molar-refractivity contribution >= 4 is 27.7 Å². The van der Waals surface area contributed by atoms with Crippen molar-refractivity contribution < 1.29 is 18.0 Å². The van der Waals surface area contributed by atoms with Gasteiger partial charge in [-0.3, -0.25) is 9.59 Å². The number of amides is 2. The van der Waals surface area contributed by atoms with Crippen LogP contribution in [0.4, 0.5) is 5.69 Å². The summed E-state index contributed by atoms with van der Waals surface area (Å²) in [6, 6.07) is 6.77. The van der Waals surface area contributed by atoms with E-state index >= 15 is 0 Å². The second-order valence-corrected chi connectivity index (χ2v) is 9.09. The Balaban J connectivity index is 1.60. The Hall–Kier alpha value is -2.01. The number of benzene rings is 1. The predicted molar refractivity (Wildman–Crippen MR) is 106 cm³/mol. The number of hydrogen-bond donors (Lipinski definition) is 1. The molecule has 0 radical (unpaired) electrons. The molecule has 0 atom stereocenters. The molecule has 9 nitrogen and oxygen atoms in total. The van der Waals surface area contributed by atoms with Crippen molar-refractivity contribution in [1.82, 2.24) is 18.4 Å². The highest BCUT2D eigenvalue weighted by atomic mass is 32.2. The van der Waals surface area contributed by atoms with Gasteiger partial charge in [0, 0.05) is 70.5 Å². The summed E-state index contributed by atoms with van der Waals surface area (Å²) in [7, 11) is -1.51. The number of anilines is 1. The number of nitrogens with one attached hydrogen (secondary N) is 1. The van der Waals surface area contributed by atoms with Crippen molar-refractivity contribution in [3.63, 3.8) is 0 Å². The largest absolute Gasteiger partial charge is 0.336 e. The van der Waals surface area contributed by atoms with E-state index in [1.807, 2.05) is 7.05 Å². The molecule has 0 aliphatic carbocycles. The lowest BCUT2D eigenvalue weighted by molar-refractivity contribution is -0.114. The Kier molecular flexibility index (Phi) is 6.33. The number of carbonyl (C=O) groups excluding carboxylic acids is 2. The van der Waals surface area contributed by atoms with Gasteiger partial charge in [-0.25, -0.2) is 0 Å². The van der Waals surface area contributed by atoms with Gasteiger partial charge in [-0.1, -0.05) is 6.07 Å². The fraction of sp³-hybridized carbons (Fsp3) is 0.556. The monoisotopic (exact) mass is 409 g/mol. The van der Waals surface area contributed by atoms with Crippen molar-refractivity contribution in [2.24, 2.45) is 0 Å². The minimum absolute atomic E-state index is 0.163. The molecular weight excluding hydrogens is 382 g/mol. The van der Waals surface area contributed by atoms with Crippen molar-refractivity contribution in [3.8, 4) is 0 Å². The summed E-state index contributed by atoms with van der Waals surface area (Å²) < 4.78 is 28.7. The Morgan fingerprint density at radius 3 is 2.07 bits per heavy atom. The SMILES string of the molecule is CC(=O)Nc1cccc(C(=O)N2CCN(S(=O)(=O)N3CCN(C)CC3)CC2)c1. The van der Waals surface area contributed by atoms with Crippen molar-refractivity contribution in [2.75, 3.05) is 64.7 Å². The lowest BCUT2D eigenvalue weighted by atomic mass is 10.1. The van der Waals surface area contributed by atoms with E-state index in [1.54, 1.807) is 29.2 Å². The van der Waals surface area contributed by atoms with Crippen molar-refractivity contribution in [2.45, 2.75) is 6.92 Å². The van der Waals surface area contributed by atoms with E-state index in [4.69, 9.17) is 0 Å². The van der Waals surface area contributed by atoms with Crippen LogP contribution in [0.25, 0.3) is 0 Å². The fourth-order valence-corrected chi connectivity index (χ4v) is 5.00. The summed E-state index contributed by atoms with van der Waals surface area (Å²) in [6.07, 6.45) is 0. The third kappa shape index (κ3) is 4.69. The average Bonchev–Trinajstić information content (AvgIpc) is 2.67. The molecule has 2 aliphatic heterocycles. The second kappa shape index (κ2) is 8.56. The highest BCUT2D eigenvalue weighted by molar-refractivity contribution is 7.86. The van der Waals surface area contributed by atoms with Gasteiger partial charge in [0.05, 0.1) is 0 Å². The maximum atomic E-state index is 12.8. The van der Waals surface area contributed by atoms with Gasteiger partial charge in [-0.2, -0.15) is 17.0 Å². The molecule has 10 heteroatoms. The molecule has 2 amide bonds. The Morgan fingerprint density at radius 1 is 0.929 bits per heavy atom. The van der Waals surface area contributed by atoms with Gasteiger partial charge in [-0.05, 0) is 25.2 Å². The van der Waals surface area contributed by atoms with E-state index in [0.717, 1.165) is 13.1 Å². The van der Waals surface area contributed by atoms with Gasteiger partial charge in [0.2, 0.25) is 5.91 Å². The first-order chi connectivity index (χ1) is 13.3. The van der Waals surface area contributed by atoms with E-state index < -0.39 is 10.2 Å². The zero-order valence-corrected chi connectivity index (χ0v) is 17.1. The van der Waals surface area contributed by atoms with Gasteiger partial charge in [0.25, 0.3) is 16.1 Å². The molecule has 0 spiro atoms. The molecular formula is C18H27N5O4S. The zero-order valence-electron chi connectivity index (χ0n) is 16.3. The molecule has 2 aliphatic rings. The van der Waals surface area contributed by atoms with Crippen LogP contribution in [-0.2, 0) is 15.0 Å². The third-order valence-corrected chi connectivity index (χ3v) is 7.11. The molecule has 0 unspecified atom stereocenters. The zero-order chi connectivity index (χ0) is 20.3. The molecule has 1 aromatic carbocycles. The smallest absolute Gasteiger partial charge is 0.282 e. The lowest BCUT2D eigenvalue weighted by Gasteiger charge is -2.39. The van der Waals surface area contributed by atoms with Crippen LogP contribution < -0.4 is 5.32 Å². The summed E-state index contributed by atoms with van der Waals surface area (Å²) in [4.78, 5) is 27.7. The molecule has 3 rings (SSSR count). The van der Waals surface area contributed by atoms with E-state index in [0.29, 0.717) is 37.4 Å². The van der Waals surface area contributed by atoms with E-state index in [2.05, 4.69) is 10.2 Å². The Morgan fingerprint density at radius 2 is 1.50 bits per heavy atom. The topological polar surface area (TPSA) is 93.3 Å². The van der Waals surface area contributed by atoms with Gasteiger partial charge in [0.15, 0.2) is 0 Å². The molecule has 2 heterocycles. The minimum atomic E-state index is -3.49. The van der Waals surface area contributed by atoms with E-state index in [1.165, 1.54) is 15.5 Å². The van der Waals surface area contributed by atoms with E-state index in [9.17, 15) is 18.0 Å². The van der Waals surface area contributed by atoms with Crippen LogP contribution in [0.5, 0.6) is 0 Å². The Labute approximate surface area is 166 Å². The molecule has 28 heavy (non-hydrogen) atoms. The molecule has 0 bridgehead atoms. The van der Waals surface area contributed by atoms with Crippen molar-refractivity contribution in [3.05, 3.63) is 29.8 Å². The fourth-order valence-electron chi connectivity index (χ4n) is 3.42. The first kappa shape index (κ1) is 20.7. The number of rotatable bonds is 4. The molecule has 0 aromatic heterocycles. The summed E-state index contributed by atoms with van der Waals surface area (Å²) in [5, 5.41) is 2.66. The normalized spacial score (nSPS) is 20.1. The highest BCUT2D eigenvalue weighted by Gasteiger charge is 2.34. The summed E-state index contributed by atoms with van der Waals surface area (Å²) in [5.41, 5.74) is 1.04. The predicted octanol–water partition coefficient (Wildman–Crippen LogP) is -0.105. The number of likely N-dealkylation sites (N-methyl/N-ethyl adjacent to an activating group) is 1. The summed E-state index contributed by atoms with van der Waals surface area (Å²) in [5.74, 6) is -0.365. The van der Waals surface area contributed by atoms with Crippen LogP contribution in [0, 0.1) is 0 Å².